The Bertz CT molecular complexity index is 655. The summed E-state index contributed by atoms with van der Waals surface area (Å²) in [5.74, 6) is -2.95. The van der Waals surface area contributed by atoms with Crippen LogP contribution in [0, 0.1) is 17.5 Å². The molecule has 0 saturated heterocycles. The van der Waals surface area contributed by atoms with Crippen LogP contribution in [0.15, 0.2) is 18.2 Å². The van der Waals surface area contributed by atoms with Crippen LogP contribution in [0.25, 0.3) is 0 Å². The number of aromatic nitrogens is 2. The highest BCUT2D eigenvalue weighted by Gasteiger charge is 2.11. The number of hydrogen-bond acceptors (Lipinski definition) is 4. The smallest absolute Gasteiger partial charge is 0.161 e. The molecule has 0 fully saturated rings. The van der Waals surface area contributed by atoms with E-state index in [1.54, 1.807) is 6.92 Å². The van der Waals surface area contributed by atoms with E-state index < -0.39 is 17.5 Å². The molecule has 112 valence electrons. The number of anilines is 2. The largest absolute Gasteiger partial charge is 0.374 e. The van der Waals surface area contributed by atoms with Crippen molar-refractivity contribution in [3.05, 3.63) is 46.6 Å². The van der Waals surface area contributed by atoms with Crippen LogP contribution in [0.3, 0.4) is 0 Å². The highest BCUT2D eigenvalue weighted by molar-refractivity contribution is 6.29. The molecule has 0 aliphatic rings. The zero-order valence-electron chi connectivity index (χ0n) is 11.0. The Hall–Kier alpha value is -1.86. The Morgan fingerprint density at radius 3 is 2.52 bits per heavy atom. The second-order valence-corrected chi connectivity index (χ2v) is 4.39. The first-order valence-corrected chi connectivity index (χ1v) is 6.40. The molecule has 0 atom stereocenters. The number of halogens is 4. The van der Waals surface area contributed by atoms with E-state index in [0.717, 1.165) is 0 Å². The molecule has 0 aliphatic heterocycles. The molecule has 0 bridgehead atoms. The Morgan fingerprint density at radius 2 is 1.81 bits per heavy atom. The summed E-state index contributed by atoms with van der Waals surface area (Å²) in [4.78, 5) is 7.97. The van der Waals surface area contributed by atoms with Gasteiger partial charge in [0.15, 0.2) is 17.5 Å². The summed E-state index contributed by atoms with van der Waals surface area (Å²) in [6.45, 7) is 2.41. The maximum atomic E-state index is 13.5. The second-order valence-electron chi connectivity index (χ2n) is 4.00. The fourth-order valence-corrected chi connectivity index (χ4v) is 1.74. The number of ether oxygens (including phenoxy) is 1. The van der Waals surface area contributed by atoms with E-state index in [1.807, 2.05) is 0 Å². The molecule has 0 aliphatic carbocycles. The van der Waals surface area contributed by atoms with Crippen LogP contribution in [0.2, 0.25) is 5.15 Å². The Labute approximate surface area is 123 Å². The number of rotatable bonds is 5. The molecular formula is C13H11ClF3N3O. The van der Waals surface area contributed by atoms with Crippen LogP contribution in [0.5, 0.6) is 0 Å². The highest BCUT2D eigenvalue weighted by atomic mass is 35.5. The van der Waals surface area contributed by atoms with Gasteiger partial charge in [0.2, 0.25) is 0 Å². The Morgan fingerprint density at radius 1 is 1.10 bits per heavy atom. The average Bonchev–Trinajstić information content (AvgIpc) is 2.42. The van der Waals surface area contributed by atoms with Crippen molar-refractivity contribution in [1.29, 1.82) is 0 Å². The van der Waals surface area contributed by atoms with Crippen molar-refractivity contribution in [3.63, 3.8) is 0 Å². The lowest BCUT2D eigenvalue weighted by atomic mass is 10.3. The minimum absolute atomic E-state index is 0.116. The average molecular weight is 318 g/mol. The van der Waals surface area contributed by atoms with Crippen molar-refractivity contribution in [2.24, 2.45) is 0 Å². The van der Waals surface area contributed by atoms with Gasteiger partial charge in [-0.05, 0) is 6.92 Å². The van der Waals surface area contributed by atoms with E-state index in [-0.39, 0.29) is 29.1 Å². The van der Waals surface area contributed by atoms with E-state index in [2.05, 4.69) is 15.3 Å². The van der Waals surface area contributed by atoms with Gasteiger partial charge in [-0.15, -0.1) is 0 Å². The molecule has 21 heavy (non-hydrogen) atoms. The van der Waals surface area contributed by atoms with Gasteiger partial charge in [-0.2, -0.15) is 0 Å². The molecule has 0 spiro atoms. The summed E-state index contributed by atoms with van der Waals surface area (Å²) in [6.07, 6.45) is 0. The monoisotopic (exact) mass is 317 g/mol. The topological polar surface area (TPSA) is 47.0 Å². The highest BCUT2D eigenvalue weighted by Crippen LogP contribution is 2.23. The normalized spacial score (nSPS) is 10.7. The second kappa shape index (κ2) is 6.73. The van der Waals surface area contributed by atoms with Crippen molar-refractivity contribution in [3.8, 4) is 0 Å². The van der Waals surface area contributed by atoms with Crippen LogP contribution in [-0.4, -0.2) is 16.6 Å². The fourth-order valence-electron chi connectivity index (χ4n) is 1.54. The minimum Gasteiger partial charge on any atom is -0.374 e. The molecule has 4 nitrogen and oxygen atoms in total. The molecular weight excluding hydrogens is 307 g/mol. The van der Waals surface area contributed by atoms with Crippen LogP contribution < -0.4 is 5.32 Å². The SMILES string of the molecule is CCOCc1nc(Cl)cc(Nc2cc(F)c(F)cc2F)n1. The van der Waals surface area contributed by atoms with Gasteiger partial charge in [0.05, 0.1) is 5.69 Å². The Kier molecular flexibility index (Phi) is 4.98. The van der Waals surface area contributed by atoms with E-state index in [4.69, 9.17) is 16.3 Å². The van der Waals surface area contributed by atoms with Gasteiger partial charge in [-0.1, -0.05) is 11.6 Å². The molecule has 0 unspecified atom stereocenters. The van der Waals surface area contributed by atoms with Crippen molar-refractivity contribution in [1.82, 2.24) is 9.97 Å². The van der Waals surface area contributed by atoms with E-state index in [0.29, 0.717) is 18.7 Å². The molecule has 2 aromatic rings. The summed E-state index contributed by atoms with van der Waals surface area (Å²) in [5, 5.41) is 2.64. The molecule has 1 N–H and O–H groups in total. The first-order chi connectivity index (χ1) is 9.99. The third-order valence-corrected chi connectivity index (χ3v) is 2.64. The molecule has 0 saturated carbocycles. The third kappa shape index (κ3) is 4.05. The molecule has 1 heterocycles. The predicted molar refractivity (Wildman–Crippen MR) is 72.0 cm³/mol. The minimum atomic E-state index is -1.27. The first-order valence-electron chi connectivity index (χ1n) is 6.02. The summed E-state index contributed by atoms with van der Waals surface area (Å²) in [7, 11) is 0. The van der Waals surface area contributed by atoms with E-state index in [9.17, 15) is 13.2 Å². The van der Waals surface area contributed by atoms with Gasteiger partial charge in [0, 0.05) is 24.8 Å². The summed E-state index contributed by atoms with van der Waals surface area (Å²) < 4.78 is 44.7. The van der Waals surface area contributed by atoms with Crippen molar-refractivity contribution < 1.29 is 17.9 Å². The van der Waals surface area contributed by atoms with E-state index in [1.165, 1.54) is 6.07 Å². The van der Waals surface area contributed by atoms with Gasteiger partial charge in [0.25, 0.3) is 0 Å². The van der Waals surface area contributed by atoms with Crippen molar-refractivity contribution >= 4 is 23.1 Å². The van der Waals surface area contributed by atoms with Gasteiger partial charge < -0.3 is 10.1 Å². The van der Waals surface area contributed by atoms with Gasteiger partial charge in [-0.25, -0.2) is 23.1 Å². The molecule has 2 rings (SSSR count). The Balaban J connectivity index is 2.27. The van der Waals surface area contributed by atoms with Crippen molar-refractivity contribution in [2.75, 3.05) is 11.9 Å². The lowest BCUT2D eigenvalue weighted by Gasteiger charge is -2.09. The zero-order valence-corrected chi connectivity index (χ0v) is 11.7. The third-order valence-electron chi connectivity index (χ3n) is 2.45. The molecule has 1 aromatic carbocycles. The quantitative estimate of drug-likeness (QED) is 0.672. The van der Waals surface area contributed by atoms with Crippen LogP contribution in [0.4, 0.5) is 24.7 Å². The zero-order chi connectivity index (χ0) is 15.4. The van der Waals surface area contributed by atoms with E-state index >= 15 is 0 Å². The summed E-state index contributed by atoms with van der Waals surface area (Å²) >= 11 is 5.82. The lowest BCUT2D eigenvalue weighted by Crippen LogP contribution is -2.04. The first kappa shape index (κ1) is 15.5. The van der Waals surface area contributed by atoms with Gasteiger partial charge in [0.1, 0.15) is 23.4 Å². The standard InChI is InChI=1S/C13H11ClF3N3O/c1-2-21-6-13-19-11(14)5-12(20-13)18-10-4-8(16)7(15)3-9(10)17/h3-5H,2,6H2,1H3,(H,18,19,20). The number of nitrogens with one attached hydrogen (secondary N) is 1. The van der Waals surface area contributed by atoms with Crippen LogP contribution in [-0.2, 0) is 11.3 Å². The van der Waals surface area contributed by atoms with Crippen LogP contribution in [0.1, 0.15) is 12.7 Å². The fraction of sp³-hybridized carbons (Fsp3) is 0.231. The number of nitrogens with zero attached hydrogens (tertiary/aromatic N) is 2. The molecule has 1 aromatic heterocycles. The molecule has 0 radical (unpaired) electrons. The summed E-state index contributed by atoms with van der Waals surface area (Å²) in [5.41, 5.74) is -0.258. The lowest BCUT2D eigenvalue weighted by molar-refractivity contribution is 0.128. The maximum Gasteiger partial charge on any atom is 0.161 e. The van der Waals surface area contributed by atoms with Gasteiger partial charge >= 0.3 is 0 Å². The predicted octanol–water partition coefficient (Wildman–Crippen LogP) is 3.83. The number of hydrogen-bond donors (Lipinski definition) is 1. The summed E-state index contributed by atoms with van der Waals surface area (Å²) in [6, 6.07) is 2.47. The van der Waals surface area contributed by atoms with Crippen LogP contribution >= 0.6 is 11.6 Å². The number of benzene rings is 1. The molecule has 0 amide bonds. The van der Waals surface area contributed by atoms with Crippen molar-refractivity contribution in [2.45, 2.75) is 13.5 Å². The molecule has 8 heteroatoms. The van der Waals surface area contributed by atoms with Gasteiger partial charge in [-0.3, -0.25) is 0 Å². The maximum absolute atomic E-state index is 13.5.